The van der Waals surface area contributed by atoms with Crippen LogP contribution in [-0.2, 0) is 0 Å². The predicted molar refractivity (Wildman–Crippen MR) is 77.9 cm³/mol. The maximum Gasteiger partial charge on any atom is 0.288 e. The fourth-order valence-electron chi connectivity index (χ4n) is 2.77. The highest BCUT2D eigenvalue weighted by molar-refractivity contribution is 7.99. The SMILES string of the molecule is CC1CCCC(Nc2ccccc2SC(F)F)C1C. The fourth-order valence-corrected chi connectivity index (χ4v) is 3.37. The van der Waals surface area contributed by atoms with E-state index in [0.717, 1.165) is 12.1 Å². The molecule has 0 heterocycles. The number of hydrogen-bond donors (Lipinski definition) is 1. The van der Waals surface area contributed by atoms with E-state index in [0.29, 0.717) is 34.5 Å². The Morgan fingerprint density at radius 3 is 2.68 bits per heavy atom. The first kappa shape index (κ1) is 14.6. The molecule has 1 fully saturated rings. The number of thioether (sulfide) groups is 1. The first-order valence-electron chi connectivity index (χ1n) is 6.88. The van der Waals surface area contributed by atoms with E-state index < -0.39 is 5.76 Å². The predicted octanol–water partition coefficient (Wildman–Crippen LogP) is 5.24. The van der Waals surface area contributed by atoms with Crippen LogP contribution in [0, 0.1) is 11.8 Å². The molecule has 0 aliphatic heterocycles. The number of anilines is 1. The Balaban J connectivity index is 2.09. The molecule has 3 atom stereocenters. The molecular formula is C15H21F2NS. The van der Waals surface area contributed by atoms with E-state index in [1.54, 1.807) is 6.07 Å². The first-order chi connectivity index (χ1) is 9.08. The minimum absolute atomic E-state index is 0.392. The average molecular weight is 285 g/mol. The van der Waals surface area contributed by atoms with Crippen LogP contribution in [0.25, 0.3) is 0 Å². The Kier molecular flexibility index (Phi) is 5.08. The molecule has 0 radical (unpaired) electrons. The first-order valence-corrected chi connectivity index (χ1v) is 7.76. The van der Waals surface area contributed by atoms with Crippen LogP contribution >= 0.6 is 11.8 Å². The Hall–Kier alpha value is -0.770. The molecular weight excluding hydrogens is 264 g/mol. The van der Waals surface area contributed by atoms with E-state index in [1.165, 1.54) is 12.8 Å². The third-order valence-electron chi connectivity index (χ3n) is 4.15. The summed E-state index contributed by atoms with van der Waals surface area (Å²) >= 11 is 0.620. The van der Waals surface area contributed by atoms with E-state index in [9.17, 15) is 8.78 Å². The molecule has 0 spiro atoms. The maximum atomic E-state index is 12.6. The number of nitrogens with one attached hydrogen (secondary N) is 1. The van der Waals surface area contributed by atoms with Crippen molar-refractivity contribution >= 4 is 17.4 Å². The minimum atomic E-state index is -2.37. The third kappa shape index (κ3) is 3.85. The summed E-state index contributed by atoms with van der Waals surface area (Å²) in [6.07, 6.45) is 3.61. The van der Waals surface area contributed by atoms with Gasteiger partial charge in [-0.25, -0.2) is 0 Å². The number of alkyl halides is 2. The van der Waals surface area contributed by atoms with Gasteiger partial charge in [0.2, 0.25) is 0 Å². The molecule has 3 unspecified atom stereocenters. The summed E-state index contributed by atoms with van der Waals surface area (Å²) in [6.45, 7) is 4.53. The van der Waals surface area contributed by atoms with Crippen LogP contribution in [0.2, 0.25) is 0 Å². The lowest BCUT2D eigenvalue weighted by Gasteiger charge is -2.35. The van der Waals surface area contributed by atoms with Crippen molar-refractivity contribution in [2.75, 3.05) is 5.32 Å². The highest BCUT2D eigenvalue weighted by Crippen LogP contribution is 2.36. The molecule has 1 N–H and O–H groups in total. The van der Waals surface area contributed by atoms with Crippen molar-refractivity contribution in [3.8, 4) is 0 Å². The van der Waals surface area contributed by atoms with Gasteiger partial charge in [0, 0.05) is 16.6 Å². The van der Waals surface area contributed by atoms with Crippen LogP contribution in [0.1, 0.15) is 33.1 Å². The normalized spacial score (nSPS) is 27.5. The zero-order valence-corrected chi connectivity index (χ0v) is 12.2. The highest BCUT2D eigenvalue weighted by Gasteiger charge is 2.27. The third-order valence-corrected chi connectivity index (χ3v) is 4.94. The zero-order chi connectivity index (χ0) is 13.8. The monoisotopic (exact) mass is 285 g/mol. The number of benzene rings is 1. The van der Waals surface area contributed by atoms with Crippen molar-refractivity contribution in [3.05, 3.63) is 24.3 Å². The van der Waals surface area contributed by atoms with Gasteiger partial charge < -0.3 is 5.32 Å². The van der Waals surface area contributed by atoms with Gasteiger partial charge in [-0.1, -0.05) is 50.6 Å². The zero-order valence-electron chi connectivity index (χ0n) is 11.4. The molecule has 0 saturated heterocycles. The van der Waals surface area contributed by atoms with Gasteiger partial charge in [-0.05, 0) is 30.4 Å². The lowest BCUT2D eigenvalue weighted by Crippen LogP contribution is -2.35. The van der Waals surface area contributed by atoms with Crippen molar-refractivity contribution in [2.45, 2.75) is 49.8 Å². The van der Waals surface area contributed by atoms with Crippen molar-refractivity contribution in [1.29, 1.82) is 0 Å². The second-order valence-corrected chi connectivity index (χ2v) is 6.42. The van der Waals surface area contributed by atoms with Crippen LogP contribution in [0.15, 0.2) is 29.2 Å². The topological polar surface area (TPSA) is 12.0 Å². The molecule has 0 aromatic heterocycles. The maximum absolute atomic E-state index is 12.6. The number of halogens is 2. The van der Waals surface area contributed by atoms with Crippen LogP contribution in [-0.4, -0.2) is 11.8 Å². The molecule has 1 nitrogen and oxygen atoms in total. The molecule has 2 rings (SSSR count). The standard InChI is InChI=1S/C15H21F2NS/c1-10-6-5-8-12(11(10)2)18-13-7-3-4-9-14(13)19-15(16)17/h3-4,7,9-12,15,18H,5-6,8H2,1-2H3. The highest BCUT2D eigenvalue weighted by atomic mass is 32.2. The molecule has 106 valence electrons. The Labute approximate surface area is 118 Å². The summed E-state index contributed by atoms with van der Waals surface area (Å²) in [5.74, 6) is -1.09. The molecule has 1 aromatic carbocycles. The number of rotatable bonds is 4. The largest absolute Gasteiger partial charge is 0.381 e. The minimum Gasteiger partial charge on any atom is -0.381 e. The lowest BCUT2D eigenvalue weighted by atomic mass is 9.78. The quantitative estimate of drug-likeness (QED) is 0.759. The smallest absolute Gasteiger partial charge is 0.288 e. The van der Waals surface area contributed by atoms with Crippen molar-refractivity contribution in [1.82, 2.24) is 0 Å². The Morgan fingerprint density at radius 1 is 1.21 bits per heavy atom. The molecule has 1 aromatic rings. The van der Waals surface area contributed by atoms with Gasteiger partial charge in [0.25, 0.3) is 5.76 Å². The summed E-state index contributed by atoms with van der Waals surface area (Å²) < 4.78 is 25.1. The summed E-state index contributed by atoms with van der Waals surface area (Å²) in [5.41, 5.74) is 0.846. The summed E-state index contributed by atoms with van der Waals surface area (Å²) in [5, 5.41) is 3.48. The van der Waals surface area contributed by atoms with Crippen LogP contribution in [0.3, 0.4) is 0 Å². The second-order valence-electron chi connectivity index (χ2n) is 5.39. The van der Waals surface area contributed by atoms with Gasteiger partial charge in [-0.3, -0.25) is 0 Å². The Morgan fingerprint density at radius 2 is 1.95 bits per heavy atom. The molecule has 19 heavy (non-hydrogen) atoms. The summed E-state index contributed by atoms with van der Waals surface area (Å²) in [6, 6.07) is 7.76. The van der Waals surface area contributed by atoms with Gasteiger partial charge in [0.05, 0.1) is 0 Å². The van der Waals surface area contributed by atoms with Gasteiger partial charge >= 0.3 is 0 Å². The average Bonchev–Trinajstić information content (AvgIpc) is 2.36. The van der Waals surface area contributed by atoms with Gasteiger partial charge in [-0.15, -0.1) is 0 Å². The van der Waals surface area contributed by atoms with Crippen LogP contribution in [0.5, 0.6) is 0 Å². The molecule has 1 aliphatic rings. The summed E-state index contributed by atoms with van der Waals surface area (Å²) in [4.78, 5) is 0.642. The number of hydrogen-bond acceptors (Lipinski definition) is 2. The summed E-state index contributed by atoms with van der Waals surface area (Å²) in [7, 11) is 0. The van der Waals surface area contributed by atoms with E-state index in [4.69, 9.17) is 0 Å². The number of para-hydroxylation sites is 1. The molecule has 0 amide bonds. The van der Waals surface area contributed by atoms with E-state index >= 15 is 0 Å². The van der Waals surface area contributed by atoms with E-state index in [-0.39, 0.29) is 0 Å². The second kappa shape index (κ2) is 6.60. The van der Waals surface area contributed by atoms with Crippen molar-refractivity contribution < 1.29 is 8.78 Å². The van der Waals surface area contributed by atoms with Crippen molar-refractivity contribution in [2.24, 2.45) is 11.8 Å². The fraction of sp³-hybridized carbons (Fsp3) is 0.600. The molecule has 0 bridgehead atoms. The molecule has 4 heteroatoms. The molecule has 1 aliphatic carbocycles. The van der Waals surface area contributed by atoms with Crippen LogP contribution < -0.4 is 5.32 Å². The van der Waals surface area contributed by atoms with E-state index in [1.807, 2.05) is 18.2 Å². The van der Waals surface area contributed by atoms with Crippen LogP contribution in [0.4, 0.5) is 14.5 Å². The molecule has 1 saturated carbocycles. The lowest BCUT2D eigenvalue weighted by molar-refractivity contribution is 0.251. The van der Waals surface area contributed by atoms with Gasteiger partial charge in [0.15, 0.2) is 0 Å². The van der Waals surface area contributed by atoms with Gasteiger partial charge in [0.1, 0.15) is 0 Å². The van der Waals surface area contributed by atoms with Crippen molar-refractivity contribution in [3.63, 3.8) is 0 Å². The van der Waals surface area contributed by atoms with Gasteiger partial charge in [-0.2, -0.15) is 8.78 Å². The van der Waals surface area contributed by atoms with E-state index in [2.05, 4.69) is 19.2 Å². The Bertz CT molecular complexity index is 411.